The maximum absolute atomic E-state index is 14.1. The van der Waals surface area contributed by atoms with E-state index in [1.54, 1.807) is 14.0 Å². The fourth-order valence-electron chi connectivity index (χ4n) is 4.81. The van der Waals surface area contributed by atoms with Crippen LogP contribution in [0, 0.1) is 11.8 Å². The lowest BCUT2D eigenvalue weighted by atomic mass is 9.72. The normalized spacial score (nSPS) is 39.4. The SMILES string of the molecule is COC1CCC2NC(=O)C(CC(=O)N[C@@H](C)C3NCC(F)CC3F)=CC2C1C. The van der Waals surface area contributed by atoms with Gasteiger partial charge < -0.3 is 20.7 Å². The van der Waals surface area contributed by atoms with Crippen molar-refractivity contribution in [2.75, 3.05) is 13.7 Å². The molecular formula is C20H31F2N3O3. The third-order valence-corrected chi connectivity index (χ3v) is 6.45. The highest BCUT2D eigenvalue weighted by Gasteiger charge is 2.40. The van der Waals surface area contributed by atoms with Crippen LogP contribution in [-0.4, -0.2) is 62.0 Å². The van der Waals surface area contributed by atoms with Gasteiger partial charge in [0, 0.05) is 43.7 Å². The zero-order valence-corrected chi connectivity index (χ0v) is 16.7. The first-order chi connectivity index (χ1) is 13.3. The molecule has 2 fully saturated rings. The highest BCUT2D eigenvalue weighted by molar-refractivity contribution is 5.99. The summed E-state index contributed by atoms with van der Waals surface area (Å²) in [4.78, 5) is 24.9. The van der Waals surface area contributed by atoms with Crippen molar-refractivity contribution in [3.05, 3.63) is 11.6 Å². The number of amides is 2. The summed E-state index contributed by atoms with van der Waals surface area (Å²) in [5.41, 5.74) is 0.437. The molecule has 0 spiro atoms. The predicted molar refractivity (Wildman–Crippen MR) is 101 cm³/mol. The summed E-state index contributed by atoms with van der Waals surface area (Å²) in [5.74, 6) is -0.177. The van der Waals surface area contributed by atoms with E-state index in [1.165, 1.54) is 0 Å². The molecule has 7 unspecified atom stereocenters. The van der Waals surface area contributed by atoms with Gasteiger partial charge in [0.05, 0.1) is 18.6 Å². The summed E-state index contributed by atoms with van der Waals surface area (Å²) < 4.78 is 32.9. The molecule has 0 radical (unpaired) electrons. The standard InChI is InChI=1S/C20H31F2N3O3/c1-10-14-6-12(20(27)25-16(14)4-5-17(10)28-3)7-18(26)24-11(2)19-15(22)8-13(21)9-23-19/h6,10-11,13-17,19,23H,4-5,7-9H2,1-3H3,(H,24,26)(H,25,27)/t10?,11-,13?,14?,15?,16?,17?,19?/m0/s1. The van der Waals surface area contributed by atoms with Crippen molar-refractivity contribution < 1.29 is 23.1 Å². The Morgan fingerprint density at radius 1 is 1.39 bits per heavy atom. The summed E-state index contributed by atoms with van der Waals surface area (Å²) in [6.45, 7) is 3.88. The average molecular weight is 399 g/mol. The number of methoxy groups -OCH3 is 1. The van der Waals surface area contributed by atoms with Crippen molar-refractivity contribution in [3.8, 4) is 0 Å². The second-order valence-electron chi connectivity index (χ2n) is 8.38. The number of rotatable bonds is 5. The molecule has 2 heterocycles. The van der Waals surface area contributed by atoms with Gasteiger partial charge in [0.25, 0.3) is 0 Å². The van der Waals surface area contributed by atoms with Crippen LogP contribution in [0.15, 0.2) is 11.6 Å². The summed E-state index contributed by atoms with van der Waals surface area (Å²) in [6.07, 6.45) is 1.03. The van der Waals surface area contributed by atoms with Crippen LogP contribution in [0.5, 0.6) is 0 Å². The minimum Gasteiger partial charge on any atom is -0.381 e. The Bertz CT molecular complexity index is 630. The molecule has 2 amide bonds. The number of piperidine rings is 1. The molecule has 3 aliphatic rings. The highest BCUT2D eigenvalue weighted by Crippen LogP contribution is 2.36. The second kappa shape index (κ2) is 8.86. The number of carbonyl (C=O) groups excluding carboxylic acids is 2. The van der Waals surface area contributed by atoms with Gasteiger partial charge in [-0.1, -0.05) is 13.0 Å². The van der Waals surface area contributed by atoms with E-state index in [0.717, 1.165) is 12.8 Å². The topological polar surface area (TPSA) is 79.5 Å². The Balaban J connectivity index is 1.60. The van der Waals surface area contributed by atoms with Gasteiger partial charge in [0.2, 0.25) is 11.8 Å². The van der Waals surface area contributed by atoms with E-state index in [4.69, 9.17) is 4.74 Å². The minimum atomic E-state index is -1.36. The molecule has 0 aromatic rings. The molecule has 0 bridgehead atoms. The number of carbonyl (C=O) groups is 2. The smallest absolute Gasteiger partial charge is 0.247 e. The van der Waals surface area contributed by atoms with Crippen LogP contribution in [0.2, 0.25) is 0 Å². The zero-order chi connectivity index (χ0) is 20.4. The molecule has 6 nitrogen and oxygen atoms in total. The van der Waals surface area contributed by atoms with Gasteiger partial charge in [0.1, 0.15) is 12.3 Å². The quantitative estimate of drug-likeness (QED) is 0.653. The van der Waals surface area contributed by atoms with Gasteiger partial charge in [-0.25, -0.2) is 8.78 Å². The third kappa shape index (κ3) is 4.54. The summed E-state index contributed by atoms with van der Waals surface area (Å²) in [6, 6.07) is -1.05. The van der Waals surface area contributed by atoms with Crippen LogP contribution >= 0.6 is 0 Å². The number of alkyl halides is 2. The average Bonchev–Trinajstić information content (AvgIpc) is 2.63. The number of hydrogen-bond acceptors (Lipinski definition) is 4. The Labute approximate surface area is 164 Å². The number of nitrogens with one attached hydrogen (secondary N) is 3. The van der Waals surface area contributed by atoms with Crippen molar-refractivity contribution in [2.24, 2.45) is 11.8 Å². The van der Waals surface area contributed by atoms with Crippen molar-refractivity contribution in [1.29, 1.82) is 0 Å². The van der Waals surface area contributed by atoms with Gasteiger partial charge in [-0.3, -0.25) is 9.59 Å². The van der Waals surface area contributed by atoms with Gasteiger partial charge in [-0.05, 0) is 25.7 Å². The van der Waals surface area contributed by atoms with Crippen molar-refractivity contribution in [2.45, 2.75) is 76.1 Å². The van der Waals surface area contributed by atoms with Crippen molar-refractivity contribution >= 4 is 11.8 Å². The first-order valence-corrected chi connectivity index (χ1v) is 10.1. The Hall–Kier alpha value is -1.54. The van der Waals surface area contributed by atoms with Crippen molar-refractivity contribution in [1.82, 2.24) is 16.0 Å². The number of hydrogen-bond donors (Lipinski definition) is 3. The molecule has 1 saturated heterocycles. The maximum atomic E-state index is 14.1. The lowest BCUT2D eigenvalue weighted by molar-refractivity contribution is -0.125. The lowest BCUT2D eigenvalue weighted by Gasteiger charge is -2.42. The largest absolute Gasteiger partial charge is 0.381 e. The molecule has 28 heavy (non-hydrogen) atoms. The van der Waals surface area contributed by atoms with E-state index >= 15 is 0 Å². The summed E-state index contributed by atoms with van der Waals surface area (Å²) in [7, 11) is 1.70. The van der Waals surface area contributed by atoms with Gasteiger partial charge in [-0.15, -0.1) is 0 Å². The fourth-order valence-corrected chi connectivity index (χ4v) is 4.81. The van der Waals surface area contributed by atoms with Crippen LogP contribution in [0.1, 0.15) is 39.5 Å². The van der Waals surface area contributed by atoms with E-state index in [-0.39, 0.29) is 55.2 Å². The molecule has 3 N–H and O–H groups in total. The van der Waals surface area contributed by atoms with Crippen LogP contribution < -0.4 is 16.0 Å². The Morgan fingerprint density at radius 2 is 2.14 bits per heavy atom. The van der Waals surface area contributed by atoms with E-state index in [0.29, 0.717) is 5.57 Å². The number of fused-ring (bicyclic) bond motifs is 1. The van der Waals surface area contributed by atoms with Gasteiger partial charge in [0.15, 0.2) is 0 Å². The highest BCUT2D eigenvalue weighted by atomic mass is 19.1. The first kappa shape index (κ1) is 21.2. The fraction of sp³-hybridized carbons (Fsp3) is 0.800. The van der Waals surface area contributed by atoms with Crippen LogP contribution in [0.4, 0.5) is 8.78 Å². The third-order valence-electron chi connectivity index (χ3n) is 6.45. The molecule has 8 heteroatoms. The number of halogens is 2. The van der Waals surface area contributed by atoms with Crippen LogP contribution in [-0.2, 0) is 14.3 Å². The Morgan fingerprint density at radius 3 is 2.82 bits per heavy atom. The van der Waals surface area contributed by atoms with Gasteiger partial charge in [-0.2, -0.15) is 0 Å². The Kier molecular flexibility index (Phi) is 6.70. The summed E-state index contributed by atoms with van der Waals surface area (Å²) >= 11 is 0. The van der Waals surface area contributed by atoms with Gasteiger partial charge >= 0.3 is 0 Å². The molecule has 1 saturated carbocycles. The van der Waals surface area contributed by atoms with Crippen LogP contribution in [0.25, 0.3) is 0 Å². The molecule has 158 valence electrons. The van der Waals surface area contributed by atoms with E-state index in [2.05, 4.69) is 22.9 Å². The molecule has 0 aromatic carbocycles. The summed E-state index contributed by atoms with van der Waals surface area (Å²) in [5, 5.41) is 8.60. The molecule has 1 aliphatic carbocycles. The maximum Gasteiger partial charge on any atom is 0.247 e. The van der Waals surface area contributed by atoms with Crippen LogP contribution in [0.3, 0.4) is 0 Å². The molecule has 2 aliphatic heterocycles. The molecule has 3 rings (SSSR count). The van der Waals surface area contributed by atoms with E-state index < -0.39 is 24.4 Å². The molecule has 0 aromatic heterocycles. The molecule has 8 atom stereocenters. The predicted octanol–water partition coefficient (Wildman–Crippen LogP) is 1.41. The lowest BCUT2D eigenvalue weighted by Crippen LogP contribution is -2.58. The number of ether oxygens (including phenoxy) is 1. The first-order valence-electron chi connectivity index (χ1n) is 10.1. The van der Waals surface area contributed by atoms with E-state index in [1.807, 2.05) is 6.08 Å². The van der Waals surface area contributed by atoms with Crippen molar-refractivity contribution in [3.63, 3.8) is 0 Å². The second-order valence-corrected chi connectivity index (χ2v) is 8.38. The molecular weight excluding hydrogens is 368 g/mol. The van der Waals surface area contributed by atoms with E-state index in [9.17, 15) is 18.4 Å². The zero-order valence-electron chi connectivity index (χ0n) is 16.7. The monoisotopic (exact) mass is 399 g/mol. The minimum absolute atomic E-state index is 0.0564.